The second-order valence-corrected chi connectivity index (χ2v) is 5.29. The summed E-state index contributed by atoms with van der Waals surface area (Å²) in [5.74, 6) is 0. The zero-order chi connectivity index (χ0) is 12.3. The number of hydrogen-bond acceptors (Lipinski definition) is 3. The summed E-state index contributed by atoms with van der Waals surface area (Å²) in [6.07, 6.45) is 3.54. The molecule has 1 atom stereocenters. The maximum atomic E-state index is 6.23. The maximum absolute atomic E-state index is 6.23. The minimum absolute atomic E-state index is 0.00692. The minimum Gasteiger partial charge on any atom is -0.324 e. The van der Waals surface area contributed by atoms with Crippen LogP contribution in [-0.2, 0) is 0 Å². The number of benzene rings is 1. The topological polar surface area (TPSA) is 38.9 Å². The summed E-state index contributed by atoms with van der Waals surface area (Å²) in [5.41, 5.74) is 6.86. The van der Waals surface area contributed by atoms with Gasteiger partial charge in [-0.1, -0.05) is 29.4 Å². The molecule has 2 N–H and O–H groups in total. The quantitative estimate of drug-likeness (QED) is 0.914. The monoisotopic (exact) mass is 264 g/mol. The second kappa shape index (κ2) is 5.54. The Labute approximate surface area is 110 Å². The van der Waals surface area contributed by atoms with Gasteiger partial charge in [0.25, 0.3) is 0 Å². The average Bonchev–Trinajstić information content (AvgIpc) is 2.33. The third kappa shape index (κ3) is 3.22. The van der Waals surface area contributed by atoms with Gasteiger partial charge in [-0.3, -0.25) is 4.98 Å². The summed E-state index contributed by atoms with van der Waals surface area (Å²) in [5, 5.41) is 0.738. The average molecular weight is 265 g/mol. The van der Waals surface area contributed by atoms with Gasteiger partial charge in [-0.05, 0) is 36.8 Å². The van der Waals surface area contributed by atoms with E-state index in [2.05, 4.69) is 4.98 Å². The summed E-state index contributed by atoms with van der Waals surface area (Å²) >= 11 is 7.85. The number of nitrogens with zero attached hydrogens (tertiary/aromatic N) is 1. The Kier molecular flexibility index (Phi) is 4.05. The molecule has 88 valence electrons. The minimum atomic E-state index is 0.00692. The highest BCUT2D eigenvalue weighted by Crippen LogP contribution is 2.34. The summed E-state index contributed by atoms with van der Waals surface area (Å²) in [6.45, 7) is 1.95. The third-order valence-corrected chi connectivity index (χ3v) is 3.87. The van der Waals surface area contributed by atoms with E-state index in [-0.39, 0.29) is 6.04 Å². The van der Waals surface area contributed by atoms with E-state index in [1.165, 1.54) is 0 Å². The number of hydrogen-bond donors (Lipinski definition) is 1. The summed E-state index contributed by atoms with van der Waals surface area (Å²) in [7, 11) is 0. The molecule has 0 radical (unpaired) electrons. The Hall–Kier alpha value is -1.03. The van der Waals surface area contributed by atoms with Crippen LogP contribution in [0.3, 0.4) is 0 Å². The van der Waals surface area contributed by atoms with Gasteiger partial charge in [0.1, 0.15) is 0 Å². The van der Waals surface area contributed by atoms with Crippen LogP contribution >= 0.6 is 23.4 Å². The smallest absolute Gasteiger partial charge is 0.0548 e. The van der Waals surface area contributed by atoms with Gasteiger partial charge in [-0.2, -0.15) is 0 Å². The van der Waals surface area contributed by atoms with Gasteiger partial charge in [0.15, 0.2) is 0 Å². The second-order valence-electron chi connectivity index (χ2n) is 3.76. The number of halogens is 1. The molecular weight excluding hydrogens is 252 g/mol. The van der Waals surface area contributed by atoms with Crippen LogP contribution in [0.2, 0.25) is 5.02 Å². The van der Waals surface area contributed by atoms with E-state index in [4.69, 9.17) is 17.3 Å². The lowest BCUT2D eigenvalue weighted by atomic mass is 10.1. The van der Waals surface area contributed by atoms with Crippen molar-refractivity contribution in [3.63, 3.8) is 0 Å². The number of aromatic nitrogens is 1. The van der Waals surface area contributed by atoms with Crippen LogP contribution in [0, 0.1) is 0 Å². The van der Waals surface area contributed by atoms with Gasteiger partial charge in [0.05, 0.1) is 5.02 Å². The van der Waals surface area contributed by atoms with Crippen LogP contribution in [0.15, 0.2) is 52.5 Å². The molecule has 0 aliphatic heterocycles. The van der Waals surface area contributed by atoms with Crippen LogP contribution in [0.4, 0.5) is 0 Å². The van der Waals surface area contributed by atoms with E-state index in [9.17, 15) is 0 Å². The molecule has 2 aromatic rings. The van der Waals surface area contributed by atoms with Crippen molar-refractivity contribution in [2.75, 3.05) is 0 Å². The SMILES string of the molecule is C[C@@H](N)c1ccc(Sc2ccncc2)c(Cl)c1. The standard InChI is InChI=1S/C13H13ClN2S/c1-9(15)10-2-3-13(12(14)8-10)17-11-4-6-16-7-5-11/h2-9H,15H2,1H3/t9-/m1/s1. The third-order valence-electron chi connectivity index (χ3n) is 2.36. The number of rotatable bonds is 3. The molecular formula is C13H13ClN2S. The zero-order valence-electron chi connectivity index (χ0n) is 9.43. The Morgan fingerprint density at radius 2 is 1.94 bits per heavy atom. The molecule has 0 aliphatic carbocycles. The lowest BCUT2D eigenvalue weighted by molar-refractivity contribution is 0.817. The lowest BCUT2D eigenvalue weighted by Crippen LogP contribution is -2.04. The lowest BCUT2D eigenvalue weighted by Gasteiger charge is -2.09. The first kappa shape index (κ1) is 12.4. The van der Waals surface area contributed by atoms with E-state index in [1.54, 1.807) is 24.2 Å². The number of nitrogens with two attached hydrogens (primary N) is 1. The van der Waals surface area contributed by atoms with Crippen molar-refractivity contribution in [1.82, 2.24) is 4.98 Å². The van der Waals surface area contributed by atoms with Crippen LogP contribution in [-0.4, -0.2) is 4.98 Å². The fraction of sp³-hybridized carbons (Fsp3) is 0.154. The van der Waals surface area contributed by atoms with Crippen molar-refractivity contribution in [2.45, 2.75) is 22.8 Å². The molecule has 0 amide bonds. The van der Waals surface area contributed by atoms with Crippen molar-refractivity contribution in [2.24, 2.45) is 5.73 Å². The fourth-order valence-corrected chi connectivity index (χ4v) is 2.53. The molecule has 0 aliphatic rings. The van der Waals surface area contributed by atoms with Crippen LogP contribution in [0.5, 0.6) is 0 Å². The molecule has 1 aromatic carbocycles. The molecule has 0 fully saturated rings. The zero-order valence-corrected chi connectivity index (χ0v) is 11.0. The molecule has 1 aromatic heterocycles. The Balaban J connectivity index is 2.23. The van der Waals surface area contributed by atoms with E-state index in [0.29, 0.717) is 0 Å². The molecule has 2 nitrogen and oxygen atoms in total. The van der Waals surface area contributed by atoms with Crippen LogP contribution in [0.25, 0.3) is 0 Å². The molecule has 0 spiro atoms. The Morgan fingerprint density at radius 3 is 2.53 bits per heavy atom. The molecule has 0 bridgehead atoms. The Morgan fingerprint density at radius 1 is 1.24 bits per heavy atom. The first-order valence-corrected chi connectivity index (χ1v) is 6.49. The van der Waals surface area contributed by atoms with E-state index in [1.807, 2.05) is 37.3 Å². The van der Waals surface area contributed by atoms with Crippen molar-refractivity contribution in [1.29, 1.82) is 0 Å². The number of pyridine rings is 1. The van der Waals surface area contributed by atoms with Crippen LogP contribution in [0.1, 0.15) is 18.5 Å². The van der Waals surface area contributed by atoms with E-state index in [0.717, 1.165) is 20.4 Å². The molecule has 0 saturated carbocycles. The Bertz CT molecular complexity index is 500. The maximum Gasteiger partial charge on any atom is 0.0548 e. The van der Waals surface area contributed by atoms with Crippen molar-refractivity contribution < 1.29 is 0 Å². The molecule has 1 heterocycles. The molecule has 17 heavy (non-hydrogen) atoms. The van der Waals surface area contributed by atoms with Crippen molar-refractivity contribution in [3.05, 3.63) is 53.3 Å². The van der Waals surface area contributed by atoms with Crippen molar-refractivity contribution in [3.8, 4) is 0 Å². The molecule has 4 heteroatoms. The van der Waals surface area contributed by atoms with E-state index < -0.39 is 0 Å². The van der Waals surface area contributed by atoms with Gasteiger partial charge in [0, 0.05) is 28.2 Å². The first-order valence-electron chi connectivity index (χ1n) is 5.30. The highest BCUT2D eigenvalue weighted by atomic mass is 35.5. The van der Waals surface area contributed by atoms with E-state index >= 15 is 0 Å². The largest absolute Gasteiger partial charge is 0.324 e. The van der Waals surface area contributed by atoms with Gasteiger partial charge in [0.2, 0.25) is 0 Å². The predicted octanol–water partition coefficient (Wildman–Crippen LogP) is 3.91. The molecule has 2 rings (SSSR count). The van der Waals surface area contributed by atoms with Gasteiger partial charge >= 0.3 is 0 Å². The molecule has 0 unspecified atom stereocenters. The van der Waals surface area contributed by atoms with Crippen LogP contribution < -0.4 is 5.73 Å². The fourth-order valence-electron chi connectivity index (χ4n) is 1.42. The first-order chi connectivity index (χ1) is 8.16. The van der Waals surface area contributed by atoms with Gasteiger partial charge < -0.3 is 5.73 Å². The highest BCUT2D eigenvalue weighted by Gasteiger charge is 2.06. The van der Waals surface area contributed by atoms with Gasteiger partial charge in [-0.15, -0.1) is 0 Å². The predicted molar refractivity (Wildman–Crippen MR) is 72.4 cm³/mol. The highest BCUT2D eigenvalue weighted by molar-refractivity contribution is 7.99. The summed E-state index contributed by atoms with van der Waals surface area (Å²) in [4.78, 5) is 6.13. The van der Waals surface area contributed by atoms with Crippen molar-refractivity contribution >= 4 is 23.4 Å². The normalized spacial score (nSPS) is 12.4. The summed E-state index contributed by atoms with van der Waals surface area (Å²) in [6, 6.07) is 9.87. The molecule has 0 saturated heterocycles. The summed E-state index contributed by atoms with van der Waals surface area (Å²) < 4.78 is 0. The van der Waals surface area contributed by atoms with Gasteiger partial charge in [-0.25, -0.2) is 0 Å².